The summed E-state index contributed by atoms with van der Waals surface area (Å²) in [5.41, 5.74) is 1.09. The summed E-state index contributed by atoms with van der Waals surface area (Å²) >= 11 is 0. The summed E-state index contributed by atoms with van der Waals surface area (Å²) in [7, 11) is 1.59. The predicted molar refractivity (Wildman–Crippen MR) is 95.8 cm³/mol. The van der Waals surface area contributed by atoms with Gasteiger partial charge in [0, 0.05) is 37.2 Å². The van der Waals surface area contributed by atoms with Gasteiger partial charge in [0.05, 0.1) is 12.7 Å². The minimum atomic E-state index is -0.243. The van der Waals surface area contributed by atoms with Gasteiger partial charge in [-0.25, -0.2) is 9.97 Å². The molecule has 0 atom stereocenters. The molecule has 24 heavy (non-hydrogen) atoms. The highest BCUT2D eigenvalue weighted by molar-refractivity contribution is 6.03. The van der Waals surface area contributed by atoms with Gasteiger partial charge in [-0.15, -0.1) is 0 Å². The summed E-state index contributed by atoms with van der Waals surface area (Å²) in [6.45, 7) is 6.06. The molecule has 2 aromatic rings. The Balaban J connectivity index is 2.07. The van der Waals surface area contributed by atoms with Crippen LogP contribution in [0.4, 0.5) is 11.6 Å². The van der Waals surface area contributed by atoms with E-state index in [2.05, 4.69) is 34.0 Å². The van der Waals surface area contributed by atoms with Gasteiger partial charge in [0.2, 0.25) is 5.95 Å². The van der Waals surface area contributed by atoms with Crippen LogP contribution >= 0.6 is 0 Å². The Morgan fingerprint density at radius 2 is 1.83 bits per heavy atom. The first kappa shape index (κ1) is 17.7. The lowest BCUT2D eigenvalue weighted by Gasteiger charge is -2.21. The van der Waals surface area contributed by atoms with Gasteiger partial charge in [-0.05, 0) is 25.0 Å². The highest BCUT2D eigenvalue weighted by Crippen LogP contribution is 2.17. The van der Waals surface area contributed by atoms with Crippen molar-refractivity contribution in [2.75, 3.05) is 30.4 Å². The Morgan fingerprint density at radius 3 is 2.42 bits per heavy atom. The van der Waals surface area contributed by atoms with Crippen LogP contribution < -0.4 is 15.0 Å². The molecule has 0 unspecified atom stereocenters. The van der Waals surface area contributed by atoms with Gasteiger partial charge >= 0.3 is 0 Å². The van der Waals surface area contributed by atoms with Gasteiger partial charge in [-0.3, -0.25) is 4.79 Å². The number of rotatable bonds is 8. The maximum atomic E-state index is 12.3. The molecular formula is C18H24N4O2. The molecule has 6 heteroatoms. The molecule has 6 nitrogen and oxygen atoms in total. The molecule has 0 saturated heterocycles. The maximum Gasteiger partial charge on any atom is 0.258 e. The third kappa shape index (κ3) is 4.68. The minimum Gasteiger partial charge on any atom is -0.497 e. The molecule has 1 aromatic carbocycles. The topological polar surface area (TPSA) is 67.4 Å². The normalized spacial score (nSPS) is 10.3. The van der Waals surface area contributed by atoms with E-state index in [4.69, 9.17) is 4.74 Å². The Kier molecular flexibility index (Phi) is 6.54. The second-order valence-corrected chi connectivity index (χ2v) is 5.44. The van der Waals surface area contributed by atoms with E-state index in [1.807, 2.05) is 12.1 Å². The van der Waals surface area contributed by atoms with Gasteiger partial charge in [-0.1, -0.05) is 19.9 Å². The fraction of sp³-hybridized carbons (Fsp3) is 0.389. The number of ether oxygens (including phenoxy) is 1. The second kappa shape index (κ2) is 8.86. The van der Waals surface area contributed by atoms with Crippen molar-refractivity contribution in [1.82, 2.24) is 9.97 Å². The first-order valence-electron chi connectivity index (χ1n) is 8.20. The number of carbonyl (C=O) groups excluding carboxylic acids is 1. The number of hydrogen-bond donors (Lipinski definition) is 1. The van der Waals surface area contributed by atoms with Crippen molar-refractivity contribution in [2.45, 2.75) is 26.7 Å². The highest BCUT2D eigenvalue weighted by Gasteiger charge is 2.11. The third-order valence-corrected chi connectivity index (χ3v) is 3.50. The summed E-state index contributed by atoms with van der Waals surface area (Å²) in [6.07, 6.45) is 5.19. The second-order valence-electron chi connectivity index (χ2n) is 5.44. The lowest BCUT2D eigenvalue weighted by atomic mass is 10.2. The average molecular weight is 328 g/mol. The lowest BCUT2D eigenvalue weighted by Crippen LogP contribution is -2.27. The van der Waals surface area contributed by atoms with Crippen molar-refractivity contribution >= 4 is 17.5 Å². The van der Waals surface area contributed by atoms with Crippen LogP contribution in [-0.4, -0.2) is 36.1 Å². The zero-order valence-electron chi connectivity index (χ0n) is 14.5. The SMILES string of the molecule is CCCN(CCC)c1ncc(C(=O)Nc2cccc(OC)c2)cn1. The van der Waals surface area contributed by atoms with Crippen molar-refractivity contribution in [3.63, 3.8) is 0 Å². The van der Waals surface area contributed by atoms with Crippen LogP contribution in [0.2, 0.25) is 0 Å². The predicted octanol–water partition coefficient (Wildman–Crippen LogP) is 3.36. The van der Waals surface area contributed by atoms with Crippen LogP contribution in [0.3, 0.4) is 0 Å². The maximum absolute atomic E-state index is 12.3. The van der Waals surface area contributed by atoms with E-state index in [-0.39, 0.29) is 5.91 Å². The fourth-order valence-electron chi connectivity index (χ4n) is 2.36. The Morgan fingerprint density at radius 1 is 1.17 bits per heavy atom. The number of nitrogens with zero attached hydrogens (tertiary/aromatic N) is 3. The number of amides is 1. The number of benzene rings is 1. The highest BCUT2D eigenvalue weighted by atomic mass is 16.5. The summed E-state index contributed by atoms with van der Waals surface area (Å²) < 4.78 is 5.15. The van der Waals surface area contributed by atoms with Crippen LogP contribution in [-0.2, 0) is 0 Å². The van der Waals surface area contributed by atoms with E-state index >= 15 is 0 Å². The van der Waals surface area contributed by atoms with E-state index in [0.29, 0.717) is 22.9 Å². The first-order chi connectivity index (χ1) is 11.7. The summed E-state index contributed by atoms with van der Waals surface area (Å²) in [5, 5.41) is 2.82. The molecule has 128 valence electrons. The third-order valence-electron chi connectivity index (χ3n) is 3.50. The van der Waals surface area contributed by atoms with Crippen molar-refractivity contribution in [3.8, 4) is 5.75 Å². The van der Waals surface area contributed by atoms with E-state index in [9.17, 15) is 4.79 Å². The van der Waals surface area contributed by atoms with Crippen LogP contribution in [0, 0.1) is 0 Å². The van der Waals surface area contributed by atoms with E-state index in [1.54, 1.807) is 31.6 Å². The summed E-state index contributed by atoms with van der Waals surface area (Å²) in [4.78, 5) is 23.1. The molecule has 0 aliphatic heterocycles. The summed E-state index contributed by atoms with van der Waals surface area (Å²) in [5.74, 6) is 1.11. The van der Waals surface area contributed by atoms with Gasteiger partial charge in [0.25, 0.3) is 5.91 Å². The van der Waals surface area contributed by atoms with E-state index in [1.165, 1.54) is 0 Å². The molecule has 0 aliphatic carbocycles. The van der Waals surface area contributed by atoms with Crippen molar-refractivity contribution in [2.24, 2.45) is 0 Å². The van der Waals surface area contributed by atoms with Crippen LogP contribution in [0.5, 0.6) is 5.75 Å². The quantitative estimate of drug-likeness (QED) is 0.805. The number of anilines is 2. The van der Waals surface area contributed by atoms with Crippen molar-refractivity contribution in [1.29, 1.82) is 0 Å². The molecule has 0 aliphatic rings. The molecule has 0 bridgehead atoms. The monoisotopic (exact) mass is 328 g/mol. The van der Waals surface area contributed by atoms with Crippen LogP contribution in [0.15, 0.2) is 36.7 Å². The zero-order chi connectivity index (χ0) is 17.4. The standard InChI is InChI=1S/C18H24N4O2/c1-4-9-22(10-5-2)18-19-12-14(13-20-18)17(23)21-15-7-6-8-16(11-15)24-3/h6-8,11-13H,4-5,9-10H2,1-3H3,(H,21,23). The molecular weight excluding hydrogens is 304 g/mol. The van der Waals surface area contributed by atoms with Gasteiger partial charge in [0.1, 0.15) is 5.75 Å². The minimum absolute atomic E-state index is 0.243. The van der Waals surface area contributed by atoms with E-state index < -0.39 is 0 Å². The number of hydrogen-bond acceptors (Lipinski definition) is 5. The van der Waals surface area contributed by atoms with Crippen LogP contribution in [0.1, 0.15) is 37.0 Å². The van der Waals surface area contributed by atoms with Gasteiger partial charge in [-0.2, -0.15) is 0 Å². The number of methoxy groups -OCH3 is 1. The van der Waals surface area contributed by atoms with Crippen molar-refractivity contribution in [3.05, 3.63) is 42.2 Å². The van der Waals surface area contributed by atoms with Crippen molar-refractivity contribution < 1.29 is 9.53 Å². The van der Waals surface area contributed by atoms with Crippen LogP contribution in [0.25, 0.3) is 0 Å². The average Bonchev–Trinajstić information content (AvgIpc) is 2.62. The van der Waals surface area contributed by atoms with E-state index in [0.717, 1.165) is 25.9 Å². The molecule has 1 amide bonds. The number of carbonyl (C=O) groups is 1. The van der Waals surface area contributed by atoms with Gasteiger partial charge < -0.3 is 15.0 Å². The Bertz CT molecular complexity index is 652. The Hall–Kier alpha value is -2.63. The fourth-order valence-corrected chi connectivity index (χ4v) is 2.36. The first-order valence-corrected chi connectivity index (χ1v) is 8.20. The molecule has 0 spiro atoms. The Labute approximate surface area is 142 Å². The number of nitrogens with one attached hydrogen (secondary N) is 1. The molecule has 1 N–H and O–H groups in total. The molecule has 1 heterocycles. The molecule has 0 fully saturated rings. The molecule has 2 rings (SSSR count). The smallest absolute Gasteiger partial charge is 0.258 e. The van der Waals surface area contributed by atoms with Gasteiger partial charge in [0.15, 0.2) is 0 Å². The molecule has 0 saturated carbocycles. The molecule has 1 aromatic heterocycles. The zero-order valence-corrected chi connectivity index (χ0v) is 14.5. The largest absolute Gasteiger partial charge is 0.497 e. The molecule has 0 radical (unpaired) electrons. The lowest BCUT2D eigenvalue weighted by molar-refractivity contribution is 0.102. The number of aromatic nitrogens is 2. The summed E-state index contributed by atoms with van der Waals surface area (Å²) in [6, 6.07) is 7.21.